The second-order valence-corrected chi connectivity index (χ2v) is 6.81. The number of amides is 1. The second-order valence-electron chi connectivity index (χ2n) is 4.94. The molecule has 112 valence electrons. The predicted octanol–water partition coefficient (Wildman–Crippen LogP) is 3.97. The van der Waals surface area contributed by atoms with Crippen LogP contribution in [-0.4, -0.2) is 28.4 Å². The number of rotatable bonds is 1. The maximum absolute atomic E-state index is 13.2. The molecule has 0 aliphatic carbocycles. The quantitative estimate of drug-likeness (QED) is 0.686. The summed E-state index contributed by atoms with van der Waals surface area (Å²) in [5.41, 5.74) is 2.06. The van der Waals surface area contributed by atoms with Crippen LogP contribution >= 0.6 is 27.3 Å². The van der Waals surface area contributed by atoms with Crippen LogP contribution in [0.15, 0.2) is 0 Å². The van der Waals surface area contributed by atoms with Gasteiger partial charge in [-0.1, -0.05) is 15.9 Å². The van der Waals surface area contributed by atoms with Crippen molar-refractivity contribution in [2.75, 3.05) is 5.33 Å². The van der Waals surface area contributed by atoms with E-state index in [1.54, 1.807) is 0 Å². The zero-order chi connectivity index (χ0) is 15.1. The summed E-state index contributed by atoms with van der Waals surface area (Å²) in [6.45, 7) is 3.96. The van der Waals surface area contributed by atoms with Crippen molar-refractivity contribution in [1.29, 1.82) is 0 Å². The number of hydrogen-bond acceptors (Lipinski definition) is 2. The van der Waals surface area contributed by atoms with Gasteiger partial charge in [0.15, 0.2) is 0 Å². The van der Waals surface area contributed by atoms with E-state index in [2.05, 4.69) is 15.9 Å². The lowest BCUT2D eigenvalue weighted by atomic mass is 10.0. The minimum absolute atomic E-state index is 0.0588. The average molecular weight is 370 g/mol. The van der Waals surface area contributed by atoms with Crippen LogP contribution in [-0.2, 0) is 17.8 Å². The fraction of sp³-hybridized carbons (Fsp3) is 0.615. The minimum atomic E-state index is -4.38. The van der Waals surface area contributed by atoms with Crippen molar-refractivity contribution in [1.82, 2.24) is 4.90 Å². The van der Waals surface area contributed by atoms with Gasteiger partial charge in [-0.3, -0.25) is 4.79 Å². The molecule has 20 heavy (non-hydrogen) atoms. The van der Waals surface area contributed by atoms with Gasteiger partial charge >= 0.3 is 6.18 Å². The Morgan fingerprint density at radius 3 is 2.65 bits per heavy atom. The summed E-state index contributed by atoms with van der Waals surface area (Å²) in [6, 6.07) is -1.69. The third-order valence-corrected chi connectivity index (χ3v) is 5.48. The first-order chi connectivity index (χ1) is 9.25. The molecule has 0 N–H and O–H groups in total. The Balaban J connectivity index is 2.40. The first-order valence-corrected chi connectivity index (χ1v) is 8.19. The zero-order valence-electron chi connectivity index (χ0n) is 11.2. The number of nitrogens with zero attached hydrogens (tertiary/aromatic N) is 1. The van der Waals surface area contributed by atoms with E-state index in [1.807, 2.05) is 13.8 Å². The molecular formula is C13H15BrF3NOS. The molecule has 1 aliphatic heterocycles. The summed E-state index contributed by atoms with van der Waals surface area (Å²) >= 11 is 4.47. The Hall–Kier alpha value is -0.560. The monoisotopic (exact) mass is 369 g/mol. The van der Waals surface area contributed by atoms with Gasteiger partial charge in [0.2, 0.25) is 5.91 Å². The van der Waals surface area contributed by atoms with Crippen LogP contribution in [0.25, 0.3) is 0 Å². The highest BCUT2D eigenvalue weighted by Crippen LogP contribution is 2.37. The lowest BCUT2D eigenvalue weighted by Crippen LogP contribution is -2.48. The van der Waals surface area contributed by atoms with Crippen molar-refractivity contribution in [2.24, 2.45) is 0 Å². The highest BCUT2D eigenvalue weighted by molar-refractivity contribution is 9.09. The molecule has 0 spiro atoms. The summed E-state index contributed by atoms with van der Waals surface area (Å²) in [6.07, 6.45) is -4.07. The number of carbonyl (C=O) groups excluding carboxylic acids is 1. The molecule has 0 aromatic carbocycles. The van der Waals surface area contributed by atoms with E-state index >= 15 is 0 Å². The molecule has 1 aliphatic rings. The number of fused-ring (bicyclic) bond motifs is 1. The lowest BCUT2D eigenvalue weighted by molar-refractivity contribution is -0.190. The number of alkyl halides is 4. The topological polar surface area (TPSA) is 20.3 Å². The van der Waals surface area contributed by atoms with Crippen molar-refractivity contribution in [3.05, 3.63) is 20.9 Å². The van der Waals surface area contributed by atoms with Gasteiger partial charge in [0.05, 0.1) is 11.9 Å². The molecule has 2 nitrogen and oxygen atoms in total. The van der Waals surface area contributed by atoms with Gasteiger partial charge in [0, 0.05) is 9.75 Å². The first kappa shape index (κ1) is 15.8. The molecule has 0 unspecified atom stereocenters. The van der Waals surface area contributed by atoms with E-state index in [0.717, 1.165) is 25.8 Å². The molecule has 1 atom stereocenters. The summed E-state index contributed by atoms with van der Waals surface area (Å²) < 4.78 is 39.5. The lowest BCUT2D eigenvalue weighted by Gasteiger charge is -2.31. The van der Waals surface area contributed by atoms with Crippen LogP contribution in [0.3, 0.4) is 0 Å². The molecule has 7 heteroatoms. The molecule has 0 fully saturated rings. The molecule has 1 aromatic rings. The standard InChI is InChI=1S/C13H15BrF3NOS/c1-7-8(2)20-10-6-18(12(19)5-14)11(13(15,16)17)4-3-9(7)10/h11H,3-6H2,1-2H3/t11-/m0/s1. The highest BCUT2D eigenvalue weighted by atomic mass is 79.9. The Kier molecular flexibility index (Phi) is 4.49. The molecule has 2 rings (SSSR count). The van der Waals surface area contributed by atoms with E-state index in [0.29, 0.717) is 6.42 Å². The molecule has 0 radical (unpaired) electrons. The maximum Gasteiger partial charge on any atom is 0.408 e. The van der Waals surface area contributed by atoms with Crippen LogP contribution in [0.4, 0.5) is 13.2 Å². The van der Waals surface area contributed by atoms with Crippen molar-refractivity contribution >= 4 is 33.2 Å². The summed E-state index contributed by atoms with van der Waals surface area (Å²) in [7, 11) is 0. The van der Waals surface area contributed by atoms with Gasteiger partial charge in [0.25, 0.3) is 0 Å². The fourth-order valence-corrected chi connectivity index (χ4v) is 4.13. The van der Waals surface area contributed by atoms with Gasteiger partial charge < -0.3 is 4.90 Å². The van der Waals surface area contributed by atoms with Crippen molar-refractivity contribution in [3.63, 3.8) is 0 Å². The molecule has 1 aromatic heterocycles. The molecule has 0 saturated heterocycles. The molecule has 1 amide bonds. The molecule has 0 saturated carbocycles. The number of aryl methyl sites for hydroxylation is 1. The second kappa shape index (κ2) is 5.67. The summed E-state index contributed by atoms with van der Waals surface area (Å²) in [5.74, 6) is -0.510. The largest absolute Gasteiger partial charge is 0.408 e. The van der Waals surface area contributed by atoms with E-state index in [1.165, 1.54) is 11.3 Å². The number of carbonyl (C=O) groups is 1. The van der Waals surface area contributed by atoms with E-state index in [4.69, 9.17) is 0 Å². The number of thiophene rings is 1. The number of halogens is 4. The van der Waals surface area contributed by atoms with Crippen LogP contribution in [0.5, 0.6) is 0 Å². The van der Waals surface area contributed by atoms with Crippen molar-refractivity contribution < 1.29 is 18.0 Å². The first-order valence-electron chi connectivity index (χ1n) is 6.25. The Morgan fingerprint density at radius 2 is 2.10 bits per heavy atom. The molecule has 2 heterocycles. The Bertz CT molecular complexity index is 526. The van der Waals surface area contributed by atoms with Gasteiger partial charge in [-0.2, -0.15) is 13.2 Å². The zero-order valence-corrected chi connectivity index (χ0v) is 13.6. The van der Waals surface area contributed by atoms with Crippen LogP contribution < -0.4 is 0 Å². The maximum atomic E-state index is 13.2. The van der Waals surface area contributed by atoms with Gasteiger partial charge in [-0.15, -0.1) is 11.3 Å². The third kappa shape index (κ3) is 2.88. The third-order valence-electron chi connectivity index (χ3n) is 3.76. The summed E-state index contributed by atoms with van der Waals surface area (Å²) in [5, 5.41) is -0.0851. The van der Waals surface area contributed by atoms with Gasteiger partial charge in [0.1, 0.15) is 6.04 Å². The molecular weight excluding hydrogens is 355 g/mol. The van der Waals surface area contributed by atoms with Crippen LogP contribution in [0, 0.1) is 13.8 Å². The van der Waals surface area contributed by atoms with Crippen molar-refractivity contribution in [3.8, 4) is 0 Å². The van der Waals surface area contributed by atoms with E-state index in [9.17, 15) is 18.0 Å². The van der Waals surface area contributed by atoms with Crippen LogP contribution in [0.1, 0.15) is 27.3 Å². The smallest absolute Gasteiger partial charge is 0.325 e. The minimum Gasteiger partial charge on any atom is -0.325 e. The Labute approximate surface area is 128 Å². The average Bonchev–Trinajstić information content (AvgIpc) is 2.54. The SMILES string of the molecule is Cc1sc2c(c1C)CC[C@@H](C(F)(F)F)N(C(=O)CBr)C2. The van der Waals surface area contributed by atoms with Gasteiger partial charge in [-0.25, -0.2) is 0 Å². The van der Waals surface area contributed by atoms with Crippen molar-refractivity contribution in [2.45, 2.75) is 45.5 Å². The Morgan fingerprint density at radius 1 is 1.45 bits per heavy atom. The predicted molar refractivity (Wildman–Crippen MR) is 76.3 cm³/mol. The fourth-order valence-electron chi connectivity index (χ4n) is 2.58. The summed E-state index contributed by atoms with van der Waals surface area (Å²) in [4.78, 5) is 14.8. The van der Waals surface area contributed by atoms with Crippen LogP contribution in [0.2, 0.25) is 0 Å². The molecule has 0 bridgehead atoms. The van der Waals surface area contributed by atoms with E-state index in [-0.39, 0.29) is 18.3 Å². The highest BCUT2D eigenvalue weighted by Gasteiger charge is 2.46. The van der Waals surface area contributed by atoms with Gasteiger partial charge in [-0.05, 0) is 37.8 Å². The normalized spacial score (nSPS) is 19.7. The van der Waals surface area contributed by atoms with E-state index < -0.39 is 18.1 Å². The number of hydrogen-bond donors (Lipinski definition) is 0.